The third-order valence-corrected chi connectivity index (χ3v) is 5.82. The molecule has 1 aromatic carbocycles. The molecule has 4 rings (SSSR count). The van der Waals surface area contributed by atoms with E-state index in [1.165, 1.54) is 16.8 Å². The van der Waals surface area contributed by atoms with Gasteiger partial charge in [-0.1, -0.05) is 17.3 Å². The minimum atomic E-state index is 0.291. The predicted octanol–water partition coefficient (Wildman–Crippen LogP) is 3.90. The smallest absolute Gasteiger partial charge is 0.231 e. The van der Waals surface area contributed by atoms with Crippen LogP contribution in [0.15, 0.2) is 35.0 Å². The Kier molecular flexibility index (Phi) is 6.47. The van der Waals surface area contributed by atoms with Gasteiger partial charge < -0.3 is 9.26 Å². The van der Waals surface area contributed by atoms with Crippen molar-refractivity contribution in [3.63, 3.8) is 0 Å². The maximum absolute atomic E-state index is 5.81. The molecule has 1 unspecified atom stereocenters. The molecule has 7 heteroatoms. The van der Waals surface area contributed by atoms with Gasteiger partial charge in [-0.05, 0) is 57.9 Å². The van der Waals surface area contributed by atoms with Crippen LogP contribution in [0.25, 0.3) is 0 Å². The van der Waals surface area contributed by atoms with Crippen molar-refractivity contribution >= 4 is 0 Å². The van der Waals surface area contributed by atoms with E-state index in [2.05, 4.69) is 51.7 Å². The molecule has 0 spiro atoms. The summed E-state index contributed by atoms with van der Waals surface area (Å²) in [4.78, 5) is 7.13. The lowest BCUT2D eigenvalue weighted by Gasteiger charge is -2.30. The standard InChI is InChI=1S/C23H31N5O2/c1-4-28-18(3)20(14-24-28)16-27-11-6-8-19(15-27)23-25-22(26-30-23)10-12-29-21-9-5-7-17(2)13-21/h5,7,9,13-14,19H,4,6,8,10-12,15-16H2,1-3H3. The van der Waals surface area contributed by atoms with E-state index in [9.17, 15) is 0 Å². The minimum absolute atomic E-state index is 0.291. The maximum Gasteiger partial charge on any atom is 0.231 e. The summed E-state index contributed by atoms with van der Waals surface area (Å²) in [5.41, 5.74) is 3.75. The van der Waals surface area contributed by atoms with Gasteiger partial charge in [-0.2, -0.15) is 10.1 Å². The van der Waals surface area contributed by atoms with Crippen LogP contribution in [0.2, 0.25) is 0 Å². The summed E-state index contributed by atoms with van der Waals surface area (Å²) in [6.07, 6.45) is 4.87. The summed E-state index contributed by atoms with van der Waals surface area (Å²) in [5, 5.41) is 8.65. The lowest BCUT2D eigenvalue weighted by atomic mass is 9.97. The molecular weight excluding hydrogens is 378 g/mol. The van der Waals surface area contributed by atoms with Crippen molar-refractivity contribution in [2.75, 3.05) is 19.7 Å². The molecule has 0 aliphatic carbocycles. The Labute approximate surface area is 178 Å². The lowest BCUT2D eigenvalue weighted by molar-refractivity contribution is 0.180. The molecule has 0 N–H and O–H groups in total. The number of hydrogen-bond donors (Lipinski definition) is 0. The van der Waals surface area contributed by atoms with Crippen LogP contribution < -0.4 is 4.74 Å². The van der Waals surface area contributed by atoms with E-state index >= 15 is 0 Å². The van der Waals surface area contributed by atoms with Gasteiger partial charge in [-0.3, -0.25) is 9.58 Å². The minimum Gasteiger partial charge on any atom is -0.493 e. The zero-order chi connectivity index (χ0) is 20.9. The zero-order valence-electron chi connectivity index (χ0n) is 18.2. The molecule has 160 valence electrons. The molecule has 2 aromatic heterocycles. The number of nitrogens with zero attached hydrogens (tertiary/aromatic N) is 5. The Hall–Kier alpha value is -2.67. The van der Waals surface area contributed by atoms with Crippen LogP contribution in [0.5, 0.6) is 5.75 Å². The van der Waals surface area contributed by atoms with Gasteiger partial charge in [-0.15, -0.1) is 0 Å². The average molecular weight is 410 g/mol. The summed E-state index contributed by atoms with van der Waals surface area (Å²) in [5.74, 6) is 2.64. The second kappa shape index (κ2) is 9.43. The molecule has 30 heavy (non-hydrogen) atoms. The van der Waals surface area contributed by atoms with Crippen molar-refractivity contribution in [2.24, 2.45) is 0 Å². The van der Waals surface area contributed by atoms with E-state index in [1.54, 1.807) is 0 Å². The van der Waals surface area contributed by atoms with E-state index in [0.29, 0.717) is 18.9 Å². The molecule has 3 aromatic rings. The van der Waals surface area contributed by atoms with Crippen LogP contribution in [0.1, 0.15) is 54.2 Å². The van der Waals surface area contributed by atoms with Gasteiger partial charge in [0.15, 0.2) is 5.82 Å². The van der Waals surface area contributed by atoms with Crippen molar-refractivity contribution < 1.29 is 9.26 Å². The van der Waals surface area contributed by atoms with Gasteiger partial charge in [-0.25, -0.2) is 0 Å². The summed E-state index contributed by atoms with van der Waals surface area (Å²) >= 11 is 0. The second-order valence-electron chi connectivity index (χ2n) is 8.11. The number of benzene rings is 1. The molecule has 1 saturated heterocycles. The number of likely N-dealkylation sites (tertiary alicyclic amines) is 1. The first kappa shape index (κ1) is 20.6. The first-order valence-corrected chi connectivity index (χ1v) is 10.9. The monoisotopic (exact) mass is 409 g/mol. The van der Waals surface area contributed by atoms with E-state index in [1.807, 2.05) is 24.4 Å². The quantitative estimate of drug-likeness (QED) is 0.562. The first-order chi connectivity index (χ1) is 14.6. The molecule has 0 radical (unpaired) electrons. The highest BCUT2D eigenvalue weighted by molar-refractivity contribution is 5.27. The maximum atomic E-state index is 5.81. The van der Waals surface area contributed by atoms with Crippen LogP contribution >= 0.6 is 0 Å². The third kappa shape index (κ3) is 4.90. The molecule has 7 nitrogen and oxygen atoms in total. The van der Waals surface area contributed by atoms with Gasteiger partial charge in [0.25, 0.3) is 0 Å². The Morgan fingerprint density at radius 3 is 2.97 bits per heavy atom. The average Bonchev–Trinajstić information content (AvgIpc) is 3.35. The fourth-order valence-electron chi connectivity index (χ4n) is 4.10. The van der Waals surface area contributed by atoms with Gasteiger partial charge >= 0.3 is 0 Å². The van der Waals surface area contributed by atoms with Gasteiger partial charge in [0.1, 0.15) is 5.75 Å². The highest BCUT2D eigenvalue weighted by Crippen LogP contribution is 2.27. The highest BCUT2D eigenvalue weighted by Gasteiger charge is 2.26. The van der Waals surface area contributed by atoms with Gasteiger partial charge in [0.2, 0.25) is 5.89 Å². The summed E-state index contributed by atoms with van der Waals surface area (Å²) < 4.78 is 13.5. The van der Waals surface area contributed by atoms with Crippen molar-refractivity contribution in [3.05, 3.63) is 59.0 Å². The first-order valence-electron chi connectivity index (χ1n) is 10.9. The number of ether oxygens (including phenoxy) is 1. The molecule has 0 saturated carbocycles. The van der Waals surface area contributed by atoms with Crippen LogP contribution in [-0.2, 0) is 19.5 Å². The Morgan fingerprint density at radius 1 is 1.27 bits per heavy atom. The number of aryl methyl sites for hydroxylation is 2. The van der Waals surface area contributed by atoms with E-state index in [-0.39, 0.29) is 0 Å². The molecule has 1 aliphatic rings. The van der Waals surface area contributed by atoms with Crippen molar-refractivity contribution in [1.29, 1.82) is 0 Å². The number of rotatable bonds is 8. The van der Waals surface area contributed by atoms with Gasteiger partial charge in [0, 0.05) is 37.3 Å². The molecule has 1 fully saturated rings. The van der Waals surface area contributed by atoms with E-state index < -0.39 is 0 Å². The van der Waals surface area contributed by atoms with Crippen LogP contribution in [0.3, 0.4) is 0 Å². The fourth-order valence-corrected chi connectivity index (χ4v) is 4.10. The molecular formula is C23H31N5O2. The lowest BCUT2D eigenvalue weighted by Crippen LogP contribution is -2.34. The largest absolute Gasteiger partial charge is 0.493 e. The number of aromatic nitrogens is 4. The van der Waals surface area contributed by atoms with Crippen LogP contribution in [-0.4, -0.2) is 44.5 Å². The third-order valence-electron chi connectivity index (χ3n) is 5.82. The second-order valence-corrected chi connectivity index (χ2v) is 8.11. The molecule has 1 aliphatic heterocycles. The number of piperidine rings is 1. The molecule has 1 atom stereocenters. The zero-order valence-corrected chi connectivity index (χ0v) is 18.2. The van der Waals surface area contributed by atoms with Crippen LogP contribution in [0.4, 0.5) is 0 Å². The predicted molar refractivity (Wildman–Crippen MR) is 115 cm³/mol. The molecule has 3 heterocycles. The SMILES string of the molecule is CCn1ncc(CN2CCCC(c3nc(CCOc4cccc(C)c4)no3)C2)c1C. The topological polar surface area (TPSA) is 69.2 Å². The van der Waals surface area contributed by atoms with Gasteiger partial charge in [0.05, 0.1) is 18.7 Å². The van der Waals surface area contributed by atoms with Crippen LogP contribution in [0, 0.1) is 13.8 Å². The highest BCUT2D eigenvalue weighted by atomic mass is 16.5. The normalized spacial score (nSPS) is 17.4. The summed E-state index contributed by atoms with van der Waals surface area (Å²) in [6, 6.07) is 8.06. The molecule has 0 bridgehead atoms. The number of hydrogen-bond acceptors (Lipinski definition) is 6. The Bertz CT molecular complexity index is 964. The van der Waals surface area contributed by atoms with E-state index in [4.69, 9.17) is 9.26 Å². The van der Waals surface area contributed by atoms with Crippen molar-refractivity contribution in [1.82, 2.24) is 24.8 Å². The summed E-state index contributed by atoms with van der Waals surface area (Å²) in [6.45, 7) is 10.7. The van der Waals surface area contributed by atoms with Crippen molar-refractivity contribution in [2.45, 2.75) is 59.0 Å². The Morgan fingerprint density at radius 2 is 2.17 bits per heavy atom. The Balaban J connectivity index is 1.30. The summed E-state index contributed by atoms with van der Waals surface area (Å²) in [7, 11) is 0. The van der Waals surface area contributed by atoms with Crippen molar-refractivity contribution in [3.8, 4) is 5.75 Å². The van der Waals surface area contributed by atoms with E-state index in [0.717, 1.165) is 56.5 Å². The molecule has 0 amide bonds. The fraction of sp³-hybridized carbons (Fsp3) is 0.522.